The van der Waals surface area contributed by atoms with Crippen LogP contribution in [0.4, 0.5) is 23.5 Å². The van der Waals surface area contributed by atoms with E-state index in [-0.39, 0.29) is 29.1 Å². The van der Waals surface area contributed by atoms with Crippen molar-refractivity contribution in [1.82, 2.24) is 19.5 Å². The van der Waals surface area contributed by atoms with Gasteiger partial charge in [0.1, 0.15) is 12.4 Å². The minimum absolute atomic E-state index is 0.122. The number of aromatic nitrogens is 4. The normalized spacial score (nSPS) is 12.5. The van der Waals surface area contributed by atoms with Crippen molar-refractivity contribution in [2.75, 3.05) is 5.32 Å². The lowest BCUT2D eigenvalue weighted by Crippen LogP contribution is -2.18. The number of rotatable bonds is 6. The molecule has 0 aliphatic heterocycles. The van der Waals surface area contributed by atoms with Crippen LogP contribution in [0.2, 0.25) is 0 Å². The zero-order valence-corrected chi connectivity index (χ0v) is 17.0. The fourth-order valence-electron chi connectivity index (χ4n) is 3.36. The topological polar surface area (TPSA) is 55.6 Å². The van der Waals surface area contributed by atoms with E-state index in [0.717, 1.165) is 16.5 Å². The second-order valence-corrected chi connectivity index (χ2v) is 7.23. The molecule has 1 N–H and O–H groups in total. The minimum Gasteiger partial charge on any atom is -0.348 e. The Morgan fingerprint density at radius 3 is 2.38 bits per heavy atom. The summed E-state index contributed by atoms with van der Waals surface area (Å²) in [6.45, 7) is 0.701. The Morgan fingerprint density at radius 1 is 0.969 bits per heavy atom. The predicted molar refractivity (Wildman–Crippen MR) is 113 cm³/mol. The Bertz CT molecular complexity index is 1190. The summed E-state index contributed by atoms with van der Waals surface area (Å²) in [5, 5.41) is 3.17. The van der Waals surface area contributed by atoms with Crippen LogP contribution in [-0.2, 0) is 6.54 Å². The maximum Gasteiger partial charge on any atom is 0.406 e. The molecule has 2 aromatic heterocycles. The molecule has 0 unspecified atom stereocenters. The lowest BCUT2D eigenvalue weighted by Gasteiger charge is -2.16. The number of anilines is 1. The maximum absolute atomic E-state index is 13.4. The van der Waals surface area contributed by atoms with Crippen molar-refractivity contribution in [3.63, 3.8) is 0 Å². The van der Waals surface area contributed by atoms with Gasteiger partial charge in [0, 0.05) is 11.8 Å². The van der Waals surface area contributed by atoms with Gasteiger partial charge >= 0.3 is 6.18 Å². The third-order valence-corrected chi connectivity index (χ3v) is 4.85. The van der Waals surface area contributed by atoms with Crippen LogP contribution in [0.5, 0.6) is 0 Å². The molecule has 0 saturated heterocycles. The van der Waals surface area contributed by atoms with Gasteiger partial charge in [-0.25, -0.2) is 19.3 Å². The van der Waals surface area contributed by atoms with Crippen molar-refractivity contribution in [1.29, 1.82) is 0 Å². The first-order chi connectivity index (χ1) is 15.3. The number of alkyl halides is 3. The molecule has 0 amide bonds. The average Bonchev–Trinajstić information content (AvgIpc) is 3.17. The molecule has 0 aliphatic carbocycles. The average molecular weight is 441 g/mol. The summed E-state index contributed by atoms with van der Waals surface area (Å²) < 4.78 is 53.9. The lowest BCUT2D eigenvalue weighted by atomic mass is 10.1. The summed E-state index contributed by atoms with van der Waals surface area (Å²) in [6, 6.07) is 16.4. The highest BCUT2D eigenvalue weighted by molar-refractivity contribution is 5.77. The summed E-state index contributed by atoms with van der Waals surface area (Å²) in [5.41, 5.74) is 2.20. The fourth-order valence-corrected chi connectivity index (χ4v) is 3.36. The monoisotopic (exact) mass is 441 g/mol. The zero-order chi connectivity index (χ0) is 22.7. The van der Waals surface area contributed by atoms with Crippen LogP contribution in [0.1, 0.15) is 18.5 Å². The molecule has 4 aromatic rings. The standard InChI is InChI=1S/C23H19F4N5/c1-15(16-5-3-2-4-6-16)30-22-28-12-11-19(31-22)21-20(17-7-9-18(24)10-8-17)29-14-32(21)13-23(25,26)27/h2-12,14-15H,13H2,1H3,(H,28,30,31)/t15-/m1/s1. The Hall–Kier alpha value is -3.75. The number of imidazole rings is 1. The Morgan fingerprint density at radius 2 is 1.69 bits per heavy atom. The van der Waals surface area contributed by atoms with E-state index < -0.39 is 18.5 Å². The quantitative estimate of drug-likeness (QED) is 0.380. The zero-order valence-electron chi connectivity index (χ0n) is 17.0. The highest BCUT2D eigenvalue weighted by Crippen LogP contribution is 2.33. The third kappa shape index (κ3) is 4.93. The molecule has 2 heterocycles. The number of halogens is 4. The number of hydrogen-bond donors (Lipinski definition) is 1. The summed E-state index contributed by atoms with van der Waals surface area (Å²) in [6.07, 6.45) is -1.86. The second-order valence-electron chi connectivity index (χ2n) is 7.23. The molecule has 0 fully saturated rings. The van der Waals surface area contributed by atoms with Gasteiger partial charge in [-0.15, -0.1) is 0 Å². The van der Waals surface area contributed by atoms with Crippen LogP contribution in [0, 0.1) is 5.82 Å². The fraction of sp³-hybridized carbons (Fsp3) is 0.174. The molecule has 5 nitrogen and oxygen atoms in total. The largest absolute Gasteiger partial charge is 0.406 e. The van der Waals surface area contributed by atoms with E-state index in [0.29, 0.717) is 5.56 Å². The van der Waals surface area contributed by atoms with Gasteiger partial charge in [-0.3, -0.25) is 0 Å². The van der Waals surface area contributed by atoms with E-state index >= 15 is 0 Å². The van der Waals surface area contributed by atoms with Gasteiger partial charge in [0.15, 0.2) is 0 Å². The van der Waals surface area contributed by atoms with Crippen molar-refractivity contribution < 1.29 is 17.6 Å². The molecule has 0 radical (unpaired) electrons. The molecule has 0 saturated carbocycles. The van der Waals surface area contributed by atoms with E-state index in [2.05, 4.69) is 20.3 Å². The van der Waals surface area contributed by atoms with Gasteiger partial charge in [-0.1, -0.05) is 30.3 Å². The molecule has 9 heteroatoms. The summed E-state index contributed by atoms with van der Waals surface area (Å²) >= 11 is 0. The number of benzene rings is 2. The Balaban J connectivity index is 1.74. The molecule has 0 bridgehead atoms. The second kappa shape index (κ2) is 8.78. The van der Waals surface area contributed by atoms with E-state index in [4.69, 9.17) is 0 Å². The predicted octanol–water partition coefficient (Wildman–Crippen LogP) is 5.88. The van der Waals surface area contributed by atoms with Crippen LogP contribution in [0.25, 0.3) is 22.6 Å². The first-order valence-electron chi connectivity index (χ1n) is 9.83. The van der Waals surface area contributed by atoms with Gasteiger partial charge in [-0.05, 0) is 42.8 Å². The van der Waals surface area contributed by atoms with Gasteiger partial charge in [-0.2, -0.15) is 13.2 Å². The smallest absolute Gasteiger partial charge is 0.348 e. The molecule has 1 atom stereocenters. The van der Waals surface area contributed by atoms with E-state index in [1.165, 1.54) is 36.5 Å². The number of nitrogens with zero attached hydrogens (tertiary/aromatic N) is 4. The van der Waals surface area contributed by atoms with Crippen molar-refractivity contribution in [3.8, 4) is 22.6 Å². The highest BCUT2D eigenvalue weighted by atomic mass is 19.4. The molecule has 2 aromatic carbocycles. The molecular formula is C23H19F4N5. The van der Waals surface area contributed by atoms with E-state index in [1.54, 1.807) is 0 Å². The van der Waals surface area contributed by atoms with Crippen LogP contribution in [0.15, 0.2) is 73.2 Å². The van der Waals surface area contributed by atoms with Crippen molar-refractivity contribution in [2.45, 2.75) is 25.7 Å². The highest BCUT2D eigenvalue weighted by Gasteiger charge is 2.30. The molecule has 164 valence electrons. The molecule has 0 aliphatic rings. The van der Waals surface area contributed by atoms with Crippen LogP contribution in [-0.4, -0.2) is 25.7 Å². The first-order valence-corrected chi connectivity index (χ1v) is 9.83. The van der Waals surface area contributed by atoms with Crippen molar-refractivity contribution in [3.05, 3.63) is 84.6 Å². The van der Waals surface area contributed by atoms with Crippen LogP contribution >= 0.6 is 0 Å². The molecule has 0 spiro atoms. The van der Waals surface area contributed by atoms with Crippen molar-refractivity contribution in [2.24, 2.45) is 0 Å². The first kappa shape index (κ1) is 21.5. The molecular weight excluding hydrogens is 422 g/mol. The van der Waals surface area contributed by atoms with E-state index in [9.17, 15) is 17.6 Å². The third-order valence-electron chi connectivity index (χ3n) is 4.85. The van der Waals surface area contributed by atoms with Crippen molar-refractivity contribution >= 4 is 5.95 Å². The van der Waals surface area contributed by atoms with Gasteiger partial charge in [0.25, 0.3) is 0 Å². The van der Waals surface area contributed by atoms with E-state index in [1.807, 2.05) is 37.3 Å². The Labute approximate surface area is 181 Å². The van der Waals surface area contributed by atoms with Crippen LogP contribution in [0.3, 0.4) is 0 Å². The lowest BCUT2D eigenvalue weighted by molar-refractivity contribution is -0.140. The number of nitrogens with one attached hydrogen (secondary N) is 1. The molecule has 32 heavy (non-hydrogen) atoms. The summed E-state index contributed by atoms with van der Waals surface area (Å²) in [5.74, 6) is -0.183. The minimum atomic E-state index is -4.45. The maximum atomic E-state index is 13.4. The SMILES string of the molecule is C[C@@H](Nc1nccc(-c2c(-c3ccc(F)cc3)ncn2CC(F)(F)F)n1)c1ccccc1. The Kier molecular flexibility index (Phi) is 5.89. The summed E-state index contributed by atoms with van der Waals surface area (Å²) in [4.78, 5) is 12.8. The number of hydrogen-bond acceptors (Lipinski definition) is 4. The van der Waals surface area contributed by atoms with Gasteiger partial charge in [0.05, 0.1) is 29.5 Å². The van der Waals surface area contributed by atoms with Crippen LogP contribution < -0.4 is 5.32 Å². The summed E-state index contributed by atoms with van der Waals surface area (Å²) in [7, 11) is 0. The molecule has 4 rings (SSSR count). The van der Waals surface area contributed by atoms with Gasteiger partial charge < -0.3 is 9.88 Å². The van der Waals surface area contributed by atoms with Gasteiger partial charge in [0.2, 0.25) is 5.95 Å².